The van der Waals surface area contributed by atoms with E-state index in [0.29, 0.717) is 37.1 Å². The molecule has 156 valence electrons. The number of nitrogens with one attached hydrogen (secondary N) is 1. The Hall–Kier alpha value is -2.74. The molecule has 7 nitrogen and oxygen atoms in total. The number of hydrogen-bond donors (Lipinski definition) is 1. The zero-order valence-corrected chi connectivity index (χ0v) is 17.2. The first-order valence-corrected chi connectivity index (χ1v) is 11.4. The van der Waals surface area contributed by atoms with Crippen LogP contribution >= 0.6 is 0 Å². The summed E-state index contributed by atoms with van der Waals surface area (Å²) in [7, 11) is -3.29. The van der Waals surface area contributed by atoms with E-state index in [9.17, 15) is 13.2 Å². The van der Waals surface area contributed by atoms with Crippen molar-refractivity contribution in [3.63, 3.8) is 0 Å². The van der Waals surface area contributed by atoms with Crippen LogP contribution in [0, 0.1) is 5.92 Å². The van der Waals surface area contributed by atoms with Crippen molar-refractivity contribution in [1.82, 2.24) is 4.90 Å². The molecule has 0 radical (unpaired) electrons. The van der Waals surface area contributed by atoms with Crippen molar-refractivity contribution in [3.05, 3.63) is 60.2 Å². The Morgan fingerprint density at radius 2 is 1.72 bits per heavy atom. The maximum atomic E-state index is 12.2. The number of nitrogens with zero attached hydrogens (tertiary/aromatic N) is 1. The van der Waals surface area contributed by atoms with E-state index < -0.39 is 10.0 Å². The maximum absolute atomic E-state index is 12.2. The molecule has 1 N–H and O–H groups in total. The fourth-order valence-corrected chi connectivity index (χ4v) is 3.70. The summed E-state index contributed by atoms with van der Waals surface area (Å²) < 4.78 is 36.1. The molecule has 2 aromatic carbocycles. The first-order valence-electron chi connectivity index (χ1n) is 9.55. The summed E-state index contributed by atoms with van der Waals surface area (Å²) in [6, 6.07) is 16.5. The van der Waals surface area contributed by atoms with Gasteiger partial charge in [-0.1, -0.05) is 30.3 Å². The molecule has 0 atom stereocenters. The van der Waals surface area contributed by atoms with Crippen molar-refractivity contribution >= 4 is 21.8 Å². The fourth-order valence-electron chi connectivity index (χ4n) is 3.14. The summed E-state index contributed by atoms with van der Waals surface area (Å²) >= 11 is 0. The van der Waals surface area contributed by atoms with Gasteiger partial charge in [-0.05, 0) is 48.6 Å². The van der Waals surface area contributed by atoms with Crippen LogP contribution in [0.15, 0.2) is 54.6 Å². The number of piperidine rings is 1. The zero-order valence-electron chi connectivity index (χ0n) is 16.4. The number of sulfonamides is 1. The molecule has 0 aromatic heterocycles. The number of carbonyl (C=O) groups excluding carboxylic acids is 1. The van der Waals surface area contributed by atoms with E-state index in [4.69, 9.17) is 9.47 Å². The predicted octanol–water partition coefficient (Wildman–Crippen LogP) is 3.49. The lowest BCUT2D eigenvalue weighted by Crippen LogP contribution is -2.39. The summed E-state index contributed by atoms with van der Waals surface area (Å²) in [6.07, 6.45) is 2.55. The molecule has 1 heterocycles. The second-order valence-electron chi connectivity index (χ2n) is 7.18. The third kappa shape index (κ3) is 6.98. The van der Waals surface area contributed by atoms with Crippen molar-refractivity contribution in [3.8, 4) is 5.75 Å². The number of hydrogen-bond acceptors (Lipinski definition) is 5. The van der Waals surface area contributed by atoms with Gasteiger partial charge in [0, 0.05) is 18.8 Å². The smallest absolute Gasteiger partial charge is 0.410 e. The minimum Gasteiger partial charge on any atom is -0.493 e. The Balaban J connectivity index is 1.38. The summed E-state index contributed by atoms with van der Waals surface area (Å²) in [4.78, 5) is 14.0. The zero-order chi connectivity index (χ0) is 20.7. The average molecular weight is 419 g/mol. The van der Waals surface area contributed by atoms with E-state index >= 15 is 0 Å². The number of amides is 1. The van der Waals surface area contributed by atoms with Crippen LogP contribution in [0.2, 0.25) is 0 Å². The van der Waals surface area contributed by atoms with Crippen LogP contribution in [0.1, 0.15) is 18.4 Å². The highest BCUT2D eigenvalue weighted by Gasteiger charge is 2.24. The Kier molecular flexibility index (Phi) is 6.98. The van der Waals surface area contributed by atoms with Gasteiger partial charge in [-0.3, -0.25) is 4.72 Å². The van der Waals surface area contributed by atoms with Crippen molar-refractivity contribution < 1.29 is 22.7 Å². The van der Waals surface area contributed by atoms with Crippen molar-refractivity contribution in [2.24, 2.45) is 5.92 Å². The molecule has 0 unspecified atom stereocenters. The fraction of sp³-hybridized carbons (Fsp3) is 0.381. The Bertz CT molecular complexity index is 892. The number of likely N-dealkylation sites (tertiary alicyclic amines) is 1. The minimum atomic E-state index is -3.29. The molecular weight excluding hydrogens is 392 g/mol. The van der Waals surface area contributed by atoms with Crippen LogP contribution in [-0.4, -0.2) is 45.4 Å². The lowest BCUT2D eigenvalue weighted by Gasteiger charge is -2.31. The molecule has 8 heteroatoms. The van der Waals surface area contributed by atoms with Gasteiger partial charge in [0.15, 0.2) is 0 Å². The molecule has 0 aliphatic carbocycles. The van der Waals surface area contributed by atoms with Gasteiger partial charge in [-0.15, -0.1) is 0 Å². The lowest BCUT2D eigenvalue weighted by atomic mass is 9.98. The van der Waals surface area contributed by atoms with Crippen LogP contribution < -0.4 is 9.46 Å². The molecule has 1 fully saturated rings. The van der Waals surface area contributed by atoms with Gasteiger partial charge < -0.3 is 14.4 Å². The number of anilines is 1. The number of benzene rings is 2. The van der Waals surface area contributed by atoms with Gasteiger partial charge in [0.2, 0.25) is 10.0 Å². The van der Waals surface area contributed by atoms with E-state index in [0.717, 1.165) is 24.7 Å². The molecule has 1 amide bonds. The third-order valence-corrected chi connectivity index (χ3v) is 5.33. The summed E-state index contributed by atoms with van der Waals surface area (Å²) in [5.74, 6) is 1.05. The first kappa shape index (κ1) is 21.0. The highest BCUT2D eigenvalue weighted by molar-refractivity contribution is 7.92. The van der Waals surface area contributed by atoms with E-state index in [-0.39, 0.29) is 12.7 Å². The summed E-state index contributed by atoms with van der Waals surface area (Å²) in [6.45, 7) is 2.15. The van der Waals surface area contributed by atoms with Crippen molar-refractivity contribution in [1.29, 1.82) is 0 Å². The van der Waals surface area contributed by atoms with E-state index in [1.807, 2.05) is 30.3 Å². The van der Waals surface area contributed by atoms with Crippen LogP contribution in [-0.2, 0) is 21.4 Å². The molecule has 0 bridgehead atoms. The van der Waals surface area contributed by atoms with E-state index in [1.54, 1.807) is 29.2 Å². The van der Waals surface area contributed by atoms with Gasteiger partial charge in [-0.2, -0.15) is 0 Å². The molecule has 1 saturated heterocycles. The molecule has 0 saturated carbocycles. The summed E-state index contributed by atoms with van der Waals surface area (Å²) in [5, 5.41) is 0. The first-order chi connectivity index (χ1) is 13.9. The number of ether oxygens (including phenoxy) is 2. The van der Waals surface area contributed by atoms with Crippen LogP contribution in [0.5, 0.6) is 5.75 Å². The predicted molar refractivity (Wildman–Crippen MR) is 111 cm³/mol. The van der Waals surface area contributed by atoms with Crippen LogP contribution in [0.3, 0.4) is 0 Å². The largest absolute Gasteiger partial charge is 0.493 e. The van der Waals surface area contributed by atoms with Crippen molar-refractivity contribution in [2.45, 2.75) is 19.4 Å². The number of carbonyl (C=O) groups is 1. The molecule has 3 rings (SSSR count). The highest BCUT2D eigenvalue weighted by atomic mass is 32.2. The third-order valence-electron chi connectivity index (χ3n) is 4.72. The molecule has 1 aliphatic rings. The molecule has 1 aliphatic heterocycles. The highest BCUT2D eigenvalue weighted by Crippen LogP contribution is 2.21. The molecule has 29 heavy (non-hydrogen) atoms. The van der Waals surface area contributed by atoms with E-state index in [1.165, 1.54) is 0 Å². The topological polar surface area (TPSA) is 84.9 Å². The van der Waals surface area contributed by atoms with Gasteiger partial charge in [-0.25, -0.2) is 13.2 Å². The van der Waals surface area contributed by atoms with Crippen molar-refractivity contribution in [2.75, 3.05) is 30.7 Å². The monoisotopic (exact) mass is 418 g/mol. The van der Waals surface area contributed by atoms with Crippen LogP contribution in [0.25, 0.3) is 0 Å². The number of rotatable bonds is 7. The standard InChI is InChI=1S/C21H26N2O5S/c1-29(25,26)22-19-7-9-20(10-8-19)27-15-18-11-13-23(14-12-18)21(24)28-16-17-5-3-2-4-6-17/h2-10,18,22H,11-16H2,1H3. The Morgan fingerprint density at radius 3 is 2.34 bits per heavy atom. The van der Waals surface area contributed by atoms with Crippen LogP contribution in [0.4, 0.5) is 10.5 Å². The van der Waals surface area contributed by atoms with Gasteiger partial charge in [0.05, 0.1) is 12.9 Å². The van der Waals surface area contributed by atoms with Gasteiger partial charge in [0.25, 0.3) is 0 Å². The van der Waals surface area contributed by atoms with Gasteiger partial charge >= 0.3 is 6.09 Å². The Labute approximate surface area is 171 Å². The van der Waals surface area contributed by atoms with Gasteiger partial charge in [0.1, 0.15) is 12.4 Å². The van der Waals surface area contributed by atoms with E-state index in [2.05, 4.69) is 4.72 Å². The lowest BCUT2D eigenvalue weighted by molar-refractivity contribution is 0.0761. The quantitative estimate of drug-likeness (QED) is 0.744. The SMILES string of the molecule is CS(=O)(=O)Nc1ccc(OCC2CCN(C(=O)OCc3ccccc3)CC2)cc1. The second-order valence-corrected chi connectivity index (χ2v) is 8.93. The normalized spacial score (nSPS) is 15.0. The Morgan fingerprint density at radius 1 is 1.07 bits per heavy atom. The molecule has 0 spiro atoms. The average Bonchev–Trinajstić information content (AvgIpc) is 2.71. The maximum Gasteiger partial charge on any atom is 0.410 e. The summed E-state index contributed by atoms with van der Waals surface area (Å²) in [5.41, 5.74) is 1.48. The second kappa shape index (κ2) is 9.65. The molecule has 2 aromatic rings. The minimum absolute atomic E-state index is 0.276. The molecular formula is C21H26N2O5S.